The first kappa shape index (κ1) is 63.5. The molecule has 0 radical (unpaired) electrons. The van der Waals surface area contributed by atoms with Crippen molar-refractivity contribution in [1.29, 1.82) is 0 Å². The van der Waals surface area contributed by atoms with Crippen molar-refractivity contribution in [1.82, 2.24) is 0 Å². The molecule has 9 heteroatoms. The van der Waals surface area contributed by atoms with E-state index in [1.54, 1.807) is 0 Å². The zero-order valence-electron chi connectivity index (χ0n) is 43.0. The maximum absolute atomic E-state index is 13.9. The summed E-state index contributed by atoms with van der Waals surface area (Å²) in [5.41, 5.74) is -7.43. The lowest BCUT2D eigenvalue weighted by Gasteiger charge is -2.37. The summed E-state index contributed by atoms with van der Waals surface area (Å²) >= 11 is 0. The summed E-state index contributed by atoms with van der Waals surface area (Å²) in [5.74, 6) is -8.32. The number of aliphatic hydroxyl groups is 6. The molecule has 0 saturated heterocycles. The third-order valence-electron chi connectivity index (χ3n) is 13.5. The van der Waals surface area contributed by atoms with Crippen molar-refractivity contribution < 1.29 is 45.0 Å². The van der Waals surface area contributed by atoms with E-state index >= 15 is 0 Å². The van der Waals surface area contributed by atoms with Crippen LogP contribution in [0.15, 0.2) is 35.5 Å². The van der Waals surface area contributed by atoms with Crippen LogP contribution in [0.3, 0.4) is 0 Å². The lowest BCUT2D eigenvalue weighted by Crippen LogP contribution is -2.70. The minimum Gasteiger partial charge on any atom is -0.505 e. The Morgan fingerprint density at radius 2 is 0.500 bits per heavy atom. The van der Waals surface area contributed by atoms with Crippen LogP contribution >= 0.6 is 0 Å². The van der Waals surface area contributed by atoms with E-state index in [4.69, 9.17) is 0 Å². The molecule has 0 amide bonds. The second-order valence-corrected chi connectivity index (χ2v) is 19.6. The number of unbranched alkanes of at least 4 members (excludes halogenated alkanes) is 39. The van der Waals surface area contributed by atoms with Crippen molar-refractivity contribution in [2.75, 3.05) is 6.61 Å². The fraction of sp³-hybridized carbons (Fsp3) is 0.842. The van der Waals surface area contributed by atoms with E-state index in [0.29, 0.717) is 19.3 Å². The molecule has 0 aromatic carbocycles. The number of allylic oxidation sites excluding steroid dienone is 3. The highest BCUT2D eigenvalue weighted by molar-refractivity contribution is 6.25. The summed E-state index contributed by atoms with van der Waals surface area (Å²) in [5, 5.41) is 66.6. The summed E-state index contributed by atoms with van der Waals surface area (Å²) in [4.78, 5) is 41.4. The maximum Gasteiger partial charge on any atom is 0.240 e. The number of ketones is 3. The molecule has 0 heterocycles. The molecule has 9 nitrogen and oxygen atoms in total. The van der Waals surface area contributed by atoms with Gasteiger partial charge in [0.25, 0.3) is 0 Å². The van der Waals surface area contributed by atoms with Crippen LogP contribution in [-0.4, -0.2) is 65.8 Å². The average Bonchev–Trinajstić information content (AvgIpc) is 3.32. The summed E-state index contributed by atoms with van der Waals surface area (Å²) in [6.45, 7) is 5.03. The molecule has 0 aliphatic heterocycles. The molecule has 66 heavy (non-hydrogen) atoms. The van der Waals surface area contributed by atoms with Crippen molar-refractivity contribution >= 4 is 17.3 Å². The van der Waals surface area contributed by atoms with Crippen molar-refractivity contribution in [2.45, 2.75) is 302 Å². The Bertz CT molecular complexity index is 1230. The number of hydrogen-bond acceptors (Lipinski definition) is 9. The van der Waals surface area contributed by atoms with Crippen LogP contribution in [0.1, 0.15) is 290 Å². The Morgan fingerprint density at radius 3 is 0.697 bits per heavy atom. The highest BCUT2D eigenvalue weighted by Gasteiger charge is 2.66. The van der Waals surface area contributed by atoms with Gasteiger partial charge in [-0.1, -0.05) is 252 Å². The molecular formula is C57H104O9. The van der Waals surface area contributed by atoms with E-state index in [2.05, 4.69) is 20.8 Å². The van der Waals surface area contributed by atoms with Gasteiger partial charge in [-0.2, -0.15) is 0 Å². The Labute approximate surface area is 404 Å². The number of carbonyl (C=O) groups is 3. The van der Waals surface area contributed by atoms with E-state index in [1.165, 1.54) is 154 Å². The molecular weight excluding hydrogens is 829 g/mol. The number of hydrogen-bond donors (Lipinski definition) is 6. The quantitative estimate of drug-likeness (QED) is 0.0150. The van der Waals surface area contributed by atoms with Crippen molar-refractivity contribution in [3.05, 3.63) is 35.5 Å². The van der Waals surface area contributed by atoms with Gasteiger partial charge in [0.2, 0.25) is 23.0 Å². The smallest absolute Gasteiger partial charge is 0.240 e. The molecule has 0 aromatic rings. The summed E-state index contributed by atoms with van der Waals surface area (Å²) < 4.78 is 0. The van der Waals surface area contributed by atoms with Gasteiger partial charge >= 0.3 is 0 Å². The first-order chi connectivity index (χ1) is 32.0. The molecule has 0 bridgehead atoms. The Morgan fingerprint density at radius 1 is 0.318 bits per heavy atom. The van der Waals surface area contributed by atoms with Crippen LogP contribution in [0.5, 0.6) is 0 Å². The third kappa shape index (κ3) is 29.4. The summed E-state index contributed by atoms with van der Waals surface area (Å²) in [6.07, 6.45) is 48.7. The minimum atomic E-state index is -3.83. The molecule has 0 aliphatic carbocycles. The van der Waals surface area contributed by atoms with Gasteiger partial charge in [0.1, 0.15) is 0 Å². The number of Topliss-reactive ketones (excluding diaryl/α,β-unsaturated/α-hetero) is 3. The van der Waals surface area contributed by atoms with Gasteiger partial charge in [0, 0.05) is 0 Å². The first-order valence-corrected chi connectivity index (χ1v) is 27.9. The van der Waals surface area contributed by atoms with Crippen molar-refractivity contribution in [3.8, 4) is 0 Å². The van der Waals surface area contributed by atoms with Gasteiger partial charge in [-0.05, 0) is 56.8 Å². The van der Waals surface area contributed by atoms with Crippen LogP contribution in [0.25, 0.3) is 0 Å². The predicted molar refractivity (Wildman–Crippen MR) is 275 cm³/mol. The zero-order valence-corrected chi connectivity index (χ0v) is 43.0. The second kappa shape index (κ2) is 43.8. The van der Waals surface area contributed by atoms with Crippen LogP contribution < -0.4 is 0 Å². The second-order valence-electron chi connectivity index (χ2n) is 19.6. The number of carbonyl (C=O) groups excluding carboxylic acids is 3. The summed E-state index contributed by atoms with van der Waals surface area (Å²) in [6, 6.07) is 0. The molecule has 1 unspecified atom stereocenters. The van der Waals surface area contributed by atoms with Gasteiger partial charge < -0.3 is 30.6 Å². The maximum atomic E-state index is 13.9. The highest BCUT2D eigenvalue weighted by Crippen LogP contribution is 2.33. The van der Waals surface area contributed by atoms with E-state index in [-0.39, 0.29) is 19.3 Å². The third-order valence-corrected chi connectivity index (χ3v) is 13.5. The molecule has 6 N–H and O–H groups in total. The van der Waals surface area contributed by atoms with E-state index in [1.807, 2.05) is 0 Å². The lowest BCUT2D eigenvalue weighted by molar-refractivity contribution is -0.191. The van der Waals surface area contributed by atoms with Crippen molar-refractivity contribution in [2.24, 2.45) is 0 Å². The molecule has 0 spiro atoms. The van der Waals surface area contributed by atoms with Crippen LogP contribution in [0, 0.1) is 0 Å². The fourth-order valence-electron chi connectivity index (χ4n) is 8.89. The summed E-state index contributed by atoms with van der Waals surface area (Å²) in [7, 11) is 0. The largest absolute Gasteiger partial charge is 0.505 e. The average molecular weight is 933 g/mol. The number of rotatable bonds is 50. The topological polar surface area (TPSA) is 173 Å². The molecule has 1 atom stereocenters. The van der Waals surface area contributed by atoms with Crippen LogP contribution in [-0.2, 0) is 14.4 Å². The lowest BCUT2D eigenvalue weighted by atomic mass is 9.72. The monoisotopic (exact) mass is 933 g/mol. The fourth-order valence-corrected chi connectivity index (χ4v) is 8.89. The molecule has 0 saturated carbocycles. The minimum absolute atomic E-state index is 0.219. The van der Waals surface area contributed by atoms with E-state index in [0.717, 1.165) is 95.3 Å². The molecule has 0 aromatic heterocycles. The van der Waals surface area contributed by atoms with Gasteiger partial charge in [-0.25, -0.2) is 0 Å². The SMILES string of the molecule is CCCCCCCCCCCCCCCC=C(O)C(=O)C(O)(CO)C(O)(C(=O)C(O)=CCCCCCCCCCCCCCCC)C(=O)C(O)=CCCCCCCCCCCCCCCC. The molecule has 0 rings (SSSR count). The van der Waals surface area contributed by atoms with Gasteiger partial charge in [-0.15, -0.1) is 0 Å². The Hall–Kier alpha value is -2.49. The molecule has 386 valence electrons. The molecule has 0 aliphatic rings. The van der Waals surface area contributed by atoms with Gasteiger partial charge in [0.05, 0.1) is 6.61 Å². The van der Waals surface area contributed by atoms with Gasteiger partial charge in [-0.3, -0.25) is 14.4 Å². The van der Waals surface area contributed by atoms with E-state index < -0.39 is 52.4 Å². The first-order valence-electron chi connectivity index (χ1n) is 27.9. The van der Waals surface area contributed by atoms with Crippen molar-refractivity contribution in [3.63, 3.8) is 0 Å². The normalized spacial score (nSPS) is 14.4. The van der Waals surface area contributed by atoms with E-state index in [9.17, 15) is 45.0 Å². The zero-order chi connectivity index (χ0) is 49.0. The molecule has 0 fully saturated rings. The Balaban J connectivity index is 5.48. The van der Waals surface area contributed by atoms with Crippen LogP contribution in [0.2, 0.25) is 0 Å². The highest BCUT2D eigenvalue weighted by atomic mass is 16.4. The van der Waals surface area contributed by atoms with Crippen LogP contribution in [0.4, 0.5) is 0 Å². The number of aliphatic hydroxyl groups excluding tert-OH is 4. The standard InChI is InChI=1S/C57H104O9/c1-4-7-10-13-16-19-22-25-28-31-34-37-40-43-46-50(59)53(62)56(65,49-58)57(66,54(63)51(60)47-44-41-38-35-32-29-26-23-20-17-14-11-8-5-2)55(64)52(61)48-45-42-39-36-33-30-27-24-21-18-15-12-9-6-3/h46-48,58-61,65-66H,4-45,49H2,1-3H3. The predicted octanol–water partition coefficient (Wildman–Crippen LogP) is 15.9. The van der Waals surface area contributed by atoms with Gasteiger partial charge in [0.15, 0.2) is 22.9 Å². The Kier molecular flexibility index (Phi) is 42.1.